The highest BCUT2D eigenvalue weighted by Crippen LogP contribution is 2.05. The van der Waals surface area contributed by atoms with E-state index in [0.29, 0.717) is 0 Å². The first-order valence-corrected chi connectivity index (χ1v) is 2.83. The van der Waals surface area contributed by atoms with E-state index in [0.717, 1.165) is 0 Å². The van der Waals surface area contributed by atoms with Crippen LogP contribution < -0.4 is 0 Å². The zero-order valence-electron chi connectivity index (χ0n) is 6.19. The van der Waals surface area contributed by atoms with Crippen molar-refractivity contribution < 1.29 is 4.74 Å². The molecule has 0 aromatic carbocycles. The van der Waals surface area contributed by atoms with Gasteiger partial charge in [-0.3, -0.25) is 0 Å². The fraction of sp³-hybridized carbons (Fsp3) is 0.500. The third-order valence-electron chi connectivity index (χ3n) is 0.573. The molecule has 0 fully saturated rings. The Balaban J connectivity index is 3.77. The van der Waals surface area contributed by atoms with Gasteiger partial charge < -0.3 is 4.74 Å². The predicted octanol–water partition coefficient (Wildman–Crippen LogP) is 2.26. The summed E-state index contributed by atoms with van der Waals surface area (Å²) in [5.74, 6) is 0. The molecule has 0 aromatic rings. The molecule has 0 saturated carbocycles. The van der Waals surface area contributed by atoms with Gasteiger partial charge in [0.05, 0.1) is 0 Å². The van der Waals surface area contributed by atoms with Crippen LogP contribution in [0.1, 0.15) is 20.8 Å². The molecule has 0 N–H and O–H groups in total. The Morgan fingerprint density at radius 1 is 1.44 bits per heavy atom. The van der Waals surface area contributed by atoms with Crippen LogP contribution in [-0.4, -0.2) is 5.60 Å². The summed E-state index contributed by atoms with van der Waals surface area (Å²) in [6, 6.07) is 0. The minimum Gasteiger partial charge on any atom is -0.487 e. The molecular formula is C8H12O. The zero-order chi connectivity index (χ0) is 7.33. The Morgan fingerprint density at radius 2 is 2.00 bits per heavy atom. The van der Waals surface area contributed by atoms with Gasteiger partial charge in [-0.2, -0.15) is 0 Å². The topological polar surface area (TPSA) is 9.23 Å². The maximum absolute atomic E-state index is 5.13. The number of rotatable bonds is 1. The first-order chi connectivity index (χ1) is 4.06. The lowest BCUT2D eigenvalue weighted by molar-refractivity contribution is 0.0771. The van der Waals surface area contributed by atoms with Gasteiger partial charge in [0.25, 0.3) is 0 Å². The smallest absolute Gasteiger partial charge is 0.134 e. The lowest BCUT2D eigenvalue weighted by atomic mass is 10.2. The highest BCUT2D eigenvalue weighted by atomic mass is 16.5. The Bertz CT molecular complexity index is 150. The van der Waals surface area contributed by atoms with Gasteiger partial charge in [-0.1, -0.05) is 5.73 Å². The van der Waals surface area contributed by atoms with E-state index >= 15 is 0 Å². The summed E-state index contributed by atoms with van der Waals surface area (Å²) in [4.78, 5) is 0. The first-order valence-electron chi connectivity index (χ1n) is 2.83. The van der Waals surface area contributed by atoms with E-state index in [9.17, 15) is 0 Å². The molecule has 0 aliphatic rings. The van der Waals surface area contributed by atoms with Crippen molar-refractivity contribution in [2.75, 3.05) is 0 Å². The predicted molar refractivity (Wildman–Crippen MR) is 38.1 cm³/mol. The molecular weight excluding hydrogens is 112 g/mol. The van der Waals surface area contributed by atoms with Crippen LogP contribution in [0.15, 0.2) is 24.3 Å². The van der Waals surface area contributed by atoms with Gasteiger partial charge in [0.2, 0.25) is 0 Å². The molecule has 0 saturated heterocycles. The third kappa shape index (κ3) is 7.10. The maximum Gasteiger partial charge on any atom is 0.134 e. The lowest BCUT2D eigenvalue weighted by Crippen LogP contribution is -2.14. The quantitative estimate of drug-likeness (QED) is 0.385. The van der Waals surface area contributed by atoms with Crippen LogP contribution in [-0.2, 0) is 4.74 Å². The van der Waals surface area contributed by atoms with Crippen molar-refractivity contribution in [2.24, 2.45) is 0 Å². The van der Waals surface area contributed by atoms with Crippen molar-refractivity contribution in [3.05, 3.63) is 24.3 Å². The van der Waals surface area contributed by atoms with E-state index in [-0.39, 0.29) is 5.60 Å². The molecule has 0 unspecified atom stereocenters. The fourth-order valence-electron chi connectivity index (χ4n) is 0.248. The standard InChI is InChI=1S/C8H12O/c1-5-6-7-9-8(2,3)4/h7H,1H2,2-4H3. The molecule has 50 valence electrons. The van der Waals surface area contributed by atoms with E-state index in [1.54, 1.807) is 0 Å². The number of hydrogen-bond donors (Lipinski definition) is 0. The van der Waals surface area contributed by atoms with Gasteiger partial charge in [-0.05, 0) is 33.1 Å². The van der Waals surface area contributed by atoms with Crippen LogP contribution in [0.5, 0.6) is 0 Å². The number of ether oxygens (including phenoxy) is 1. The largest absolute Gasteiger partial charge is 0.487 e. The average Bonchev–Trinajstić information content (AvgIpc) is 1.63. The highest BCUT2D eigenvalue weighted by molar-refractivity contribution is 4.75. The molecule has 0 radical (unpaired) electrons. The summed E-state index contributed by atoms with van der Waals surface area (Å²) in [6.07, 6.45) is 1.47. The van der Waals surface area contributed by atoms with Crippen LogP contribution in [0.4, 0.5) is 0 Å². The highest BCUT2D eigenvalue weighted by Gasteiger charge is 2.06. The summed E-state index contributed by atoms with van der Waals surface area (Å²) in [5.41, 5.74) is 4.92. The summed E-state index contributed by atoms with van der Waals surface area (Å²) in [5, 5.41) is 0. The summed E-state index contributed by atoms with van der Waals surface area (Å²) >= 11 is 0. The van der Waals surface area contributed by atoms with Crippen molar-refractivity contribution in [3.63, 3.8) is 0 Å². The fourth-order valence-corrected chi connectivity index (χ4v) is 0.248. The van der Waals surface area contributed by atoms with Crippen molar-refractivity contribution in [1.29, 1.82) is 0 Å². The second-order valence-corrected chi connectivity index (χ2v) is 2.67. The molecule has 0 heterocycles. The molecule has 1 heteroatoms. The van der Waals surface area contributed by atoms with Crippen LogP contribution in [0.2, 0.25) is 0 Å². The van der Waals surface area contributed by atoms with E-state index < -0.39 is 0 Å². The van der Waals surface area contributed by atoms with E-state index in [4.69, 9.17) is 4.74 Å². The van der Waals surface area contributed by atoms with Gasteiger partial charge in [-0.15, -0.1) is 0 Å². The second kappa shape index (κ2) is 3.19. The van der Waals surface area contributed by atoms with Gasteiger partial charge in [-0.25, -0.2) is 0 Å². The third-order valence-corrected chi connectivity index (χ3v) is 0.573. The minimum absolute atomic E-state index is 0.135. The van der Waals surface area contributed by atoms with Gasteiger partial charge in [0.15, 0.2) is 0 Å². The Labute approximate surface area is 56.3 Å². The van der Waals surface area contributed by atoms with Crippen LogP contribution in [0.25, 0.3) is 0 Å². The molecule has 9 heavy (non-hydrogen) atoms. The van der Waals surface area contributed by atoms with E-state index in [1.165, 1.54) is 6.26 Å². The first kappa shape index (κ1) is 8.10. The molecule has 0 aliphatic carbocycles. The second-order valence-electron chi connectivity index (χ2n) is 2.67. The van der Waals surface area contributed by atoms with Crippen molar-refractivity contribution in [2.45, 2.75) is 26.4 Å². The molecule has 0 atom stereocenters. The summed E-state index contributed by atoms with van der Waals surface area (Å²) in [7, 11) is 0. The monoisotopic (exact) mass is 124 g/mol. The average molecular weight is 124 g/mol. The SMILES string of the molecule is C=C=C=COC(C)(C)C. The Morgan fingerprint density at radius 3 is 2.33 bits per heavy atom. The van der Waals surface area contributed by atoms with Crippen molar-refractivity contribution in [3.8, 4) is 0 Å². The molecule has 0 spiro atoms. The summed E-state index contributed by atoms with van der Waals surface area (Å²) < 4.78 is 5.13. The molecule has 1 nitrogen and oxygen atoms in total. The van der Waals surface area contributed by atoms with Crippen molar-refractivity contribution in [1.82, 2.24) is 0 Å². The van der Waals surface area contributed by atoms with Crippen LogP contribution >= 0.6 is 0 Å². The maximum atomic E-state index is 5.13. The molecule has 0 aliphatic heterocycles. The van der Waals surface area contributed by atoms with E-state index in [2.05, 4.69) is 18.0 Å². The molecule has 0 bridgehead atoms. The van der Waals surface area contributed by atoms with E-state index in [1.807, 2.05) is 20.8 Å². The van der Waals surface area contributed by atoms with Gasteiger partial charge >= 0.3 is 0 Å². The Kier molecular flexibility index (Phi) is 2.87. The van der Waals surface area contributed by atoms with Gasteiger partial charge in [0, 0.05) is 0 Å². The zero-order valence-corrected chi connectivity index (χ0v) is 6.19. The normalized spacial score (nSPS) is 9.22. The van der Waals surface area contributed by atoms with Crippen LogP contribution in [0, 0.1) is 0 Å². The van der Waals surface area contributed by atoms with Crippen molar-refractivity contribution >= 4 is 0 Å². The Hall–Kier alpha value is -0.900. The van der Waals surface area contributed by atoms with Gasteiger partial charge in [0.1, 0.15) is 11.9 Å². The number of hydrogen-bond acceptors (Lipinski definition) is 1. The lowest BCUT2D eigenvalue weighted by Gasteiger charge is -2.16. The van der Waals surface area contributed by atoms with Crippen LogP contribution in [0.3, 0.4) is 0 Å². The minimum atomic E-state index is -0.135. The molecule has 0 rings (SSSR count). The molecule has 0 amide bonds. The summed E-state index contributed by atoms with van der Waals surface area (Å²) in [6.45, 7) is 9.23. The molecule has 0 aromatic heterocycles.